The molecular weight excluding hydrogens is 447 g/mol. The van der Waals surface area contributed by atoms with E-state index in [9.17, 15) is 18.8 Å². The molecule has 0 bridgehead atoms. The van der Waals surface area contributed by atoms with Gasteiger partial charge < -0.3 is 9.80 Å². The van der Waals surface area contributed by atoms with Gasteiger partial charge in [-0.3, -0.25) is 14.4 Å². The number of amides is 2. The van der Waals surface area contributed by atoms with Crippen LogP contribution in [0.3, 0.4) is 0 Å². The minimum Gasteiger partial charge on any atom is -0.339 e. The van der Waals surface area contributed by atoms with E-state index in [-0.39, 0.29) is 34.9 Å². The summed E-state index contributed by atoms with van der Waals surface area (Å²) in [6.45, 7) is 3.23. The van der Waals surface area contributed by atoms with Gasteiger partial charge in [0, 0.05) is 43.4 Å². The van der Waals surface area contributed by atoms with Gasteiger partial charge in [0.25, 0.3) is 11.5 Å². The SMILES string of the molecule is C[C@H]1CN(C(=O)C2CCCC2)CCN1C(=O)c1cc(Cc2n[nH]c(=O)c3ccccc23)ccc1F. The number of aromatic nitrogens is 2. The first-order chi connectivity index (χ1) is 16.9. The third-order valence-corrected chi connectivity index (χ3v) is 7.31. The van der Waals surface area contributed by atoms with Gasteiger partial charge in [0.1, 0.15) is 5.82 Å². The van der Waals surface area contributed by atoms with Crippen molar-refractivity contribution >= 4 is 22.6 Å². The summed E-state index contributed by atoms with van der Waals surface area (Å²) < 4.78 is 14.8. The minimum absolute atomic E-state index is 0.0126. The maximum Gasteiger partial charge on any atom is 0.272 e. The summed E-state index contributed by atoms with van der Waals surface area (Å²) in [5.74, 6) is -0.648. The van der Waals surface area contributed by atoms with Crippen LogP contribution in [-0.4, -0.2) is 57.5 Å². The molecule has 2 fully saturated rings. The van der Waals surface area contributed by atoms with Gasteiger partial charge in [-0.2, -0.15) is 5.10 Å². The van der Waals surface area contributed by atoms with Crippen molar-refractivity contribution in [1.82, 2.24) is 20.0 Å². The fraction of sp³-hybridized carbons (Fsp3) is 0.407. The Bertz CT molecular complexity index is 1330. The average molecular weight is 477 g/mol. The van der Waals surface area contributed by atoms with Crippen molar-refractivity contribution in [3.8, 4) is 0 Å². The van der Waals surface area contributed by atoms with Crippen molar-refractivity contribution in [2.45, 2.75) is 45.1 Å². The lowest BCUT2D eigenvalue weighted by Crippen LogP contribution is -2.56. The Morgan fingerprint density at radius 3 is 2.57 bits per heavy atom. The van der Waals surface area contributed by atoms with Crippen LogP contribution in [0.1, 0.15) is 54.2 Å². The number of fused-ring (bicyclic) bond motifs is 1. The number of hydrogen-bond donors (Lipinski definition) is 1. The van der Waals surface area contributed by atoms with Crippen molar-refractivity contribution < 1.29 is 14.0 Å². The second-order valence-electron chi connectivity index (χ2n) is 9.65. The quantitative estimate of drug-likeness (QED) is 0.624. The molecule has 1 aliphatic heterocycles. The third kappa shape index (κ3) is 4.57. The fourth-order valence-electron chi connectivity index (χ4n) is 5.39. The zero-order valence-electron chi connectivity index (χ0n) is 19.8. The van der Waals surface area contributed by atoms with E-state index in [4.69, 9.17) is 0 Å². The van der Waals surface area contributed by atoms with Gasteiger partial charge in [-0.15, -0.1) is 0 Å². The number of benzene rings is 2. The normalized spacial score (nSPS) is 18.9. The maximum atomic E-state index is 14.8. The van der Waals surface area contributed by atoms with Crippen molar-refractivity contribution in [3.05, 3.63) is 75.5 Å². The highest BCUT2D eigenvalue weighted by atomic mass is 19.1. The second-order valence-corrected chi connectivity index (χ2v) is 9.65. The molecule has 1 saturated heterocycles. The van der Waals surface area contributed by atoms with Gasteiger partial charge in [-0.1, -0.05) is 37.1 Å². The number of nitrogens with zero attached hydrogens (tertiary/aromatic N) is 3. The molecule has 5 rings (SSSR count). The lowest BCUT2D eigenvalue weighted by molar-refractivity contribution is -0.137. The molecule has 0 spiro atoms. The number of halogens is 1. The van der Waals surface area contributed by atoms with Crippen molar-refractivity contribution in [1.29, 1.82) is 0 Å². The Labute approximate surface area is 202 Å². The number of aromatic amines is 1. The molecule has 7 nitrogen and oxygen atoms in total. The summed E-state index contributed by atoms with van der Waals surface area (Å²) in [5.41, 5.74) is 1.12. The Balaban J connectivity index is 1.34. The van der Waals surface area contributed by atoms with Gasteiger partial charge in [0.15, 0.2) is 0 Å². The van der Waals surface area contributed by atoms with E-state index >= 15 is 0 Å². The molecule has 182 valence electrons. The Morgan fingerprint density at radius 1 is 1.09 bits per heavy atom. The van der Waals surface area contributed by atoms with Gasteiger partial charge in [-0.25, -0.2) is 9.49 Å². The zero-order valence-corrected chi connectivity index (χ0v) is 19.8. The lowest BCUT2D eigenvalue weighted by Gasteiger charge is -2.40. The van der Waals surface area contributed by atoms with E-state index < -0.39 is 5.82 Å². The molecule has 1 aromatic heterocycles. The number of nitrogens with one attached hydrogen (secondary N) is 1. The van der Waals surface area contributed by atoms with Crippen LogP contribution in [0, 0.1) is 11.7 Å². The Hall–Kier alpha value is -3.55. The third-order valence-electron chi connectivity index (χ3n) is 7.31. The number of piperazine rings is 1. The average Bonchev–Trinajstić information content (AvgIpc) is 3.41. The van der Waals surface area contributed by atoms with Crippen LogP contribution >= 0.6 is 0 Å². The maximum absolute atomic E-state index is 14.8. The monoisotopic (exact) mass is 476 g/mol. The van der Waals surface area contributed by atoms with Gasteiger partial charge in [0.2, 0.25) is 5.91 Å². The van der Waals surface area contributed by atoms with Crippen LogP contribution in [0.2, 0.25) is 0 Å². The molecule has 8 heteroatoms. The molecule has 1 aliphatic carbocycles. The van der Waals surface area contributed by atoms with E-state index in [1.165, 1.54) is 6.07 Å². The summed E-state index contributed by atoms with van der Waals surface area (Å²) in [4.78, 5) is 41.8. The summed E-state index contributed by atoms with van der Waals surface area (Å²) in [6.07, 6.45) is 4.44. The van der Waals surface area contributed by atoms with Gasteiger partial charge >= 0.3 is 0 Å². The van der Waals surface area contributed by atoms with Crippen LogP contribution in [0.25, 0.3) is 10.8 Å². The highest BCUT2D eigenvalue weighted by molar-refractivity contribution is 5.95. The van der Waals surface area contributed by atoms with E-state index in [2.05, 4.69) is 10.2 Å². The van der Waals surface area contributed by atoms with E-state index in [0.29, 0.717) is 37.1 Å². The van der Waals surface area contributed by atoms with Crippen molar-refractivity contribution in [2.24, 2.45) is 5.92 Å². The molecule has 1 atom stereocenters. The molecule has 0 radical (unpaired) electrons. The van der Waals surface area contributed by atoms with E-state index in [1.807, 2.05) is 24.0 Å². The van der Waals surface area contributed by atoms with Crippen LogP contribution in [0.4, 0.5) is 4.39 Å². The first-order valence-corrected chi connectivity index (χ1v) is 12.3. The highest BCUT2D eigenvalue weighted by Gasteiger charge is 2.34. The van der Waals surface area contributed by atoms with Gasteiger partial charge in [0.05, 0.1) is 16.6 Å². The van der Waals surface area contributed by atoms with Crippen LogP contribution in [0.5, 0.6) is 0 Å². The van der Waals surface area contributed by atoms with E-state index in [0.717, 1.165) is 36.6 Å². The van der Waals surface area contributed by atoms with E-state index in [1.54, 1.807) is 29.2 Å². The largest absolute Gasteiger partial charge is 0.339 e. The van der Waals surface area contributed by atoms with Crippen LogP contribution in [0.15, 0.2) is 47.3 Å². The molecule has 0 unspecified atom stereocenters. The molecule has 3 aromatic rings. The molecule has 2 aliphatic rings. The molecule has 35 heavy (non-hydrogen) atoms. The predicted molar refractivity (Wildman–Crippen MR) is 131 cm³/mol. The molecule has 2 amide bonds. The number of carbonyl (C=O) groups is 2. The summed E-state index contributed by atoms with van der Waals surface area (Å²) in [5, 5.41) is 7.97. The summed E-state index contributed by atoms with van der Waals surface area (Å²) >= 11 is 0. The molecule has 2 aromatic carbocycles. The first-order valence-electron chi connectivity index (χ1n) is 12.3. The Kier molecular flexibility index (Phi) is 6.36. The smallest absolute Gasteiger partial charge is 0.272 e. The second kappa shape index (κ2) is 9.60. The molecule has 1 N–H and O–H groups in total. The highest BCUT2D eigenvalue weighted by Crippen LogP contribution is 2.28. The van der Waals surface area contributed by atoms with Gasteiger partial charge in [-0.05, 0) is 43.5 Å². The van der Waals surface area contributed by atoms with Crippen molar-refractivity contribution in [2.75, 3.05) is 19.6 Å². The van der Waals surface area contributed by atoms with Crippen LogP contribution < -0.4 is 5.56 Å². The molecule has 1 saturated carbocycles. The number of H-pyrrole nitrogens is 1. The summed E-state index contributed by atoms with van der Waals surface area (Å²) in [7, 11) is 0. The molecular formula is C27H29FN4O3. The standard InChI is InChI=1S/C27H29FN4O3/c1-17-16-31(26(34)19-6-2-3-7-19)12-13-32(17)27(35)22-14-18(10-11-23(22)28)15-24-20-8-4-5-9-21(20)25(33)30-29-24/h4-5,8-11,14,17,19H,2-3,6-7,12-13,15-16H2,1H3,(H,30,33)/t17-/m0/s1. The predicted octanol–water partition coefficient (Wildman–Crippen LogP) is 3.52. The number of rotatable bonds is 4. The number of hydrogen-bond acceptors (Lipinski definition) is 4. The fourth-order valence-corrected chi connectivity index (χ4v) is 5.39. The minimum atomic E-state index is -0.574. The summed E-state index contributed by atoms with van der Waals surface area (Å²) in [6, 6.07) is 11.5. The topological polar surface area (TPSA) is 86.4 Å². The molecule has 2 heterocycles. The first kappa shape index (κ1) is 23.2. The van der Waals surface area contributed by atoms with Crippen molar-refractivity contribution in [3.63, 3.8) is 0 Å². The number of carbonyl (C=O) groups excluding carboxylic acids is 2. The lowest BCUT2D eigenvalue weighted by atomic mass is 10.0. The zero-order chi connectivity index (χ0) is 24.5. The Morgan fingerprint density at radius 2 is 1.83 bits per heavy atom. The van der Waals surface area contributed by atoms with Crippen LogP contribution in [-0.2, 0) is 11.2 Å².